The number of fused-ring (bicyclic) bond motifs is 3. The molecule has 1 aliphatic heterocycles. The van der Waals surface area contributed by atoms with Crippen molar-refractivity contribution < 1.29 is 44.2 Å². The average Bonchev–Trinajstić information content (AvgIpc) is 3.07. The topological polar surface area (TPSA) is 67.2 Å². The minimum Gasteiger partial charge on any atom is -0.545 e. The summed E-state index contributed by atoms with van der Waals surface area (Å²) in [6.45, 7) is 5.21. The Balaban J connectivity index is 0.00000245. The number of aromatic carboxylic acids is 1. The summed E-state index contributed by atoms with van der Waals surface area (Å²) in [5.74, 6) is -0.541. The molecule has 154 valence electrons. The molecule has 0 saturated heterocycles. The van der Waals surface area contributed by atoms with Crippen molar-refractivity contribution in [1.29, 1.82) is 0 Å². The zero-order valence-electron chi connectivity index (χ0n) is 18.4. The molecule has 0 N–H and O–H groups in total. The second-order valence-electron chi connectivity index (χ2n) is 7.88. The van der Waals surface area contributed by atoms with Gasteiger partial charge in [0.2, 0.25) is 0 Å². The van der Waals surface area contributed by atoms with Crippen LogP contribution in [-0.4, -0.2) is 15.5 Å². The van der Waals surface area contributed by atoms with Crippen LogP contribution in [0, 0.1) is 13.8 Å². The monoisotopic (exact) mass is 432 g/mol. The molecule has 0 aliphatic carbocycles. The van der Waals surface area contributed by atoms with E-state index in [1.54, 1.807) is 12.1 Å². The van der Waals surface area contributed by atoms with Gasteiger partial charge in [0, 0.05) is 12.1 Å². The molecular weight excluding hydrogens is 411 g/mol. The van der Waals surface area contributed by atoms with Crippen LogP contribution in [-0.2, 0) is 13.2 Å². The Morgan fingerprint density at radius 1 is 1.09 bits per heavy atom. The third-order valence-electron chi connectivity index (χ3n) is 5.92. The number of rotatable bonds is 3. The maximum Gasteiger partial charge on any atom is 1.00 e. The van der Waals surface area contributed by atoms with Gasteiger partial charge in [-0.05, 0) is 77.6 Å². The number of hydrogen-bond acceptors (Lipinski definition) is 4. The Morgan fingerprint density at radius 2 is 1.88 bits per heavy atom. The Labute approximate surface area is 208 Å². The summed E-state index contributed by atoms with van der Waals surface area (Å²) in [6, 6.07) is 17.2. The largest absolute Gasteiger partial charge is 1.00 e. The van der Waals surface area contributed by atoms with Crippen molar-refractivity contribution in [3.05, 3.63) is 100 Å². The van der Waals surface area contributed by atoms with E-state index in [9.17, 15) is 9.90 Å². The van der Waals surface area contributed by atoms with E-state index in [0.717, 1.165) is 33.3 Å². The fraction of sp³-hybridized carbons (Fsp3) is 0.154. The summed E-state index contributed by atoms with van der Waals surface area (Å²) in [5.41, 5.74) is 8.39. The van der Waals surface area contributed by atoms with Crippen molar-refractivity contribution in [2.24, 2.45) is 0 Å². The van der Waals surface area contributed by atoms with E-state index in [0.29, 0.717) is 18.9 Å². The van der Waals surface area contributed by atoms with E-state index in [1.165, 1.54) is 17.2 Å². The number of carbonyl (C=O) groups is 1. The zero-order chi connectivity index (χ0) is 21.5. The molecule has 3 aromatic carbocycles. The average molecular weight is 432 g/mol. The molecule has 0 spiro atoms. The summed E-state index contributed by atoms with van der Waals surface area (Å²) in [5, 5.41) is 11.5. The van der Waals surface area contributed by atoms with Crippen LogP contribution in [0.5, 0.6) is 5.75 Å². The summed E-state index contributed by atoms with van der Waals surface area (Å²) >= 11 is 0. The molecule has 0 bridgehead atoms. The molecule has 6 heteroatoms. The van der Waals surface area contributed by atoms with E-state index in [-0.39, 0.29) is 35.1 Å². The summed E-state index contributed by atoms with van der Waals surface area (Å²) in [7, 11) is 0. The number of nitrogens with zero attached hydrogens (tertiary/aromatic N) is 2. The van der Waals surface area contributed by atoms with Crippen molar-refractivity contribution in [2.75, 3.05) is 0 Å². The maximum absolute atomic E-state index is 11.5. The first kappa shape index (κ1) is 22.3. The summed E-state index contributed by atoms with van der Waals surface area (Å²) in [6.07, 6.45) is 3.96. The first-order valence-electron chi connectivity index (χ1n) is 10.2. The van der Waals surface area contributed by atoms with Crippen molar-refractivity contribution in [3.63, 3.8) is 0 Å². The first-order valence-corrected chi connectivity index (χ1v) is 10.2. The van der Waals surface area contributed by atoms with Gasteiger partial charge in [0.05, 0.1) is 23.3 Å². The van der Waals surface area contributed by atoms with Crippen molar-refractivity contribution >= 4 is 22.6 Å². The van der Waals surface area contributed by atoms with Gasteiger partial charge in [-0.25, -0.2) is 4.98 Å². The molecule has 32 heavy (non-hydrogen) atoms. The number of carboxylic acid groups (broad SMARTS) is 1. The van der Waals surface area contributed by atoms with Crippen LogP contribution >= 0.6 is 0 Å². The molecular formula is C26H21N2NaO3. The fourth-order valence-electron chi connectivity index (χ4n) is 4.07. The number of benzene rings is 3. The number of carboxylic acids is 1. The molecule has 1 aromatic heterocycles. The minimum absolute atomic E-state index is 0. The molecule has 0 radical (unpaired) electrons. The van der Waals surface area contributed by atoms with E-state index in [4.69, 9.17) is 4.74 Å². The van der Waals surface area contributed by atoms with E-state index < -0.39 is 5.97 Å². The van der Waals surface area contributed by atoms with Crippen LogP contribution in [0.25, 0.3) is 16.6 Å². The Bertz CT molecular complexity index is 1370. The molecule has 2 heterocycles. The predicted molar refractivity (Wildman–Crippen MR) is 118 cm³/mol. The van der Waals surface area contributed by atoms with Gasteiger partial charge in [0.25, 0.3) is 0 Å². The molecule has 5 rings (SSSR count). The van der Waals surface area contributed by atoms with Gasteiger partial charge in [-0.3, -0.25) is 0 Å². The van der Waals surface area contributed by atoms with Crippen LogP contribution in [0.2, 0.25) is 0 Å². The van der Waals surface area contributed by atoms with Gasteiger partial charge in [-0.1, -0.05) is 30.3 Å². The van der Waals surface area contributed by atoms with Gasteiger partial charge >= 0.3 is 29.6 Å². The third kappa shape index (κ3) is 3.99. The van der Waals surface area contributed by atoms with Crippen LogP contribution < -0.4 is 39.4 Å². The molecule has 0 saturated carbocycles. The fourth-order valence-corrected chi connectivity index (χ4v) is 4.07. The number of aryl methyl sites for hydroxylation is 2. The third-order valence-corrected chi connectivity index (χ3v) is 5.92. The summed E-state index contributed by atoms with van der Waals surface area (Å²) in [4.78, 5) is 16.0. The first-order chi connectivity index (χ1) is 15.0. The molecule has 0 atom stereocenters. The molecule has 0 amide bonds. The Kier molecular flexibility index (Phi) is 6.24. The van der Waals surface area contributed by atoms with E-state index in [1.807, 2.05) is 30.6 Å². The normalized spacial score (nSPS) is 13.6. The molecule has 0 fully saturated rings. The second-order valence-corrected chi connectivity index (χ2v) is 7.88. The SMILES string of the molecule is Cc1cc2ncn(C/C=C3\c4ccccc4COc4ccc(C(=O)[O-])cc43)c2cc1C.[Na+]. The van der Waals surface area contributed by atoms with Crippen LogP contribution in [0.3, 0.4) is 0 Å². The number of carbonyl (C=O) groups excluding carboxylic acids is 1. The van der Waals surface area contributed by atoms with Crippen molar-refractivity contribution in [2.45, 2.75) is 27.0 Å². The predicted octanol–water partition coefficient (Wildman–Crippen LogP) is 1.04. The Hall–Kier alpha value is -2.86. The zero-order valence-corrected chi connectivity index (χ0v) is 20.4. The van der Waals surface area contributed by atoms with Crippen LogP contribution in [0.4, 0.5) is 0 Å². The van der Waals surface area contributed by atoms with Crippen LogP contribution in [0.15, 0.2) is 67.0 Å². The van der Waals surface area contributed by atoms with Gasteiger partial charge in [0.15, 0.2) is 0 Å². The van der Waals surface area contributed by atoms with E-state index in [2.05, 4.69) is 41.6 Å². The standard InChI is InChI=1S/C26H22N2O3.Na/c1-16-11-23-24(12-17(16)2)28(15-27-23)10-9-21-20-6-4-3-5-19(20)14-31-25-8-7-18(26(29)30)13-22(21)25;/h3-9,11-13,15H,10,14H2,1-2H3,(H,29,30);/q;+1/p-1/b21-9+;. The van der Waals surface area contributed by atoms with Gasteiger partial charge in [-0.2, -0.15) is 0 Å². The molecule has 1 aliphatic rings. The van der Waals surface area contributed by atoms with Gasteiger partial charge in [0.1, 0.15) is 12.4 Å². The maximum atomic E-state index is 11.5. The van der Waals surface area contributed by atoms with Crippen molar-refractivity contribution in [1.82, 2.24) is 9.55 Å². The number of hydrogen-bond donors (Lipinski definition) is 0. The summed E-state index contributed by atoms with van der Waals surface area (Å²) < 4.78 is 8.11. The van der Waals surface area contributed by atoms with Crippen LogP contribution in [0.1, 0.15) is 38.2 Å². The van der Waals surface area contributed by atoms with E-state index >= 15 is 0 Å². The van der Waals surface area contributed by atoms with Gasteiger partial charge in [-0.15, -0.1) is 0 Å². The van der Waals surface area contributed by atoms with Crippen molar-refractivity contribution in [3.8, 4) is 5.75 Å². The molecule has 4 aromatic rings. The molecule has 0 unspecified atom stereocenters. The number of imidazole rings is 1. The molecule has 5 nitrogen and oxygen atoms in total. The quantitative estimate of drug-likeness (QED) is 0.454. The Morgan fingerprint density at radius 3 is 2.69 bits per heavy atom. The van der Waals surface area contributed by atoms with Gasteiger partial charge < -0.3 is 19.2 Å². The smallest absolute Gasteiger partial charge is 0.545 e. The number of aromatic nitrogens is 2. The minimum atomic E-state index is -1.20. The number of ether oxygens (including phenoxy) is 1. The second kappa shape index (κ2) is 8.94. The number of allylic oxidation sites excluding steroid dienone is 1.